The molecule has 35 heavy (non-hydrogen) atoms. The van der Waals surface area contributed by atoms with E-state index in [0.717, 1.165) is 19.3 Å². The van der Waals surface area contributed by atoms with E-state index in [1.165, 1.54) is 26.2 Å². The topological polar surface area (TPSA) is 114 Å². The molecule has 0 radical (unpaired) electrons. The SMILES string of the molecule is C[C@H](OC(=O)[C@H]1C[C@@H](O)CN1C(=O)C12CC3CC(CC(C3)C1)C2)C(=O)Nc1ccc2c(c1)OCO2. The molecule has 9 nitrogen and oxygen atoms in total. The van der Waals surface area contributed by atoms with Gasteiger partial charge in [0.1, 0.15) is 6.04 Å². The van der Waals surface area contributed by atoms with Crippen LogP contribution in [0.4, 0.5) is 5.69 Å². The number of aliphatic hydroxyl groups excluding tert-OH is 1. The van der Waals surface area contributed by atoms with Gasteiger partial charge in [-0.3, -0.25) is 9.59 Å². The zero-order valence-electron chi connectivity index (χ0n) is 19.9. The first-order chi connectivity index (χ1) is 16.8. The molecule has 2 heterocycles. The van der Waals surface area contributed by atoms with Crippen molar-refractivity contribution in [2.45, 2.75) is 70.1 Å². The number of hydrogen-bond acceptors (Lipinski definition) is 7. The number of anilines is 1. The third-order valence-corrected chi connectivity index (χ3v) is 8.61. The van der Waals surface area contributed by atoms with E-state index in [1.807, 2.05) is 0 Å². The van der Waals surface area contributed by atoms with E-state index in [4.69, 9.17) is 14.2 Å². The highest BCUT2D eigenvalue weighted by atomic mass is 16.7. The maximum atomic E-state index is 13.8. The normalized spacial score (nSPS) is 35.1. The summed E-state index contributed by atoms with van der Waals surface area (Å²) in [7, 11) is 0. The number of nitrogens with zero attached hydrogens (tertiary/aromatic N) is 1. The molecule has 4 aliphatic carbocycles. The van der Waals surface area contributed by atoms with Crippen LogP contribution in [-0.4, -0.2) is 59.4 Å². The number of benzene rings is 1. The minimum absolute atomic E-state index is 0.00688. The van der Waals surface area contributed by atoms with Crippen molar-refractivity contribution in [2.24, 2.45) is 23.2 Å². The predicted molar refractivity (Wildman–Crippen MR) is 123 cm³/mol. The van der Waals surface area contributed by atoms with E-state index < -0.39 is 35.5 Å². The van der Waals surface area contributed by atoms with Crippen LogP contribution in [0.15, 0.2) is 18.2 Å². The van der Waals surface area contributed by atoms with Crippen LogP contribution in [0.5, 0.6) is 11.5 Å². The number of hydrogen-bond donors (Lipinski definition) is 2. The molecule has 6 aliphatic rings. The molecule has 0 aromatic heterocycles. The Balaban J connectivity index is 1.11. The quantitative estimate of drug-likeness (QED) is 0.617. The zero-order chi connectivity index (χ0) is 24.3. The number of β-amino-alcohol motifs (C(OH)–C–C–N with tert-alkyl or cyclic N) is 1. The fraction of sp³-hybridized carbons (Fsp3) is 0.654. The van der Waals surface area contributed by atoms with Gasteiger partial charge in [-0.2, -0.15) is 0 Å². The van der Waals surface area contributed by atoms with Crippen molar-refractivity contribution >= 4 is 23.5 Å². The summed E-state index contributed by atoms with van der Waals surface area (Å²) in [4.78, 5) is 41.2. The van der Waals surface area contributed by atoms with Gasteiger partial charge in [-0.25, -0.2) is 4.79 Å². The van der Waals surface area contributed by atoms with Gasteiger partial charge in [0, 0.05) is 24.7 Å². The number of nitrogens with one attached hydrogen (secondary N) is 1. The van der Waals surface area contributed by atoms with E-state index in [1.54, 1.807) is 23.1 Å². The molecule has 4 bridgehead atoms. The van der Waals surface area contributed by atoms with Gasteiger partial charge in [-0.05, 0) is 75.3 Å². The summed E-state index contributed by atoms with van der Waals surface area (Å²) in [5.74, 6) is 1.79. The molecular formula is C26H32N2O7. The molecule has 5 fully saturated rings. The summed E-state index contributed by atoms with van der Waals surface area (Å²) in [5, 5.41) is 13.1. The lowest BCUT2D eigenvalue weighted by atomic mass is 9.49. The van der Waals surface area contributed by atoms with Gasteiger partial charge in [0.25, 0.3) is 5.91 Å². The second-order valence-electron chi connectivity index (χ2n) is 11.2. The first-order valence-corrected chi connectivity index (χ1v) is 12.7. The number of rotatable bonds is 5. The first-order valence-electron chi connectivity index (χ1n) is 12.7. The van der Waals surface area contributed by atoms with Crippen LogP contribution in [0.3, 0.4) is 0 Å². The number of likely N-dealkylation sites (tertiary alicyclic amines) is 1. The number of ether oxygens (including phenoxy) is 3. The third-order valence-electron chi connectivity index (χ3n) is 8.61. The lowest BCUT2D eigenvalue weighted by Gasteiger charge is -2.56. The van der Waals surface area contributed by atoms with E-state index in [-0.39, 0.29) is 25.7 Å². The van der Waals surface area contributed by atoms with Gasteiger partial charge in [-0.15, -0.1) is 0 Å². The van der Waals surface area contributed by atoms with Crippen LogP contribution in [0.25, 0.3) is 0 Å². The number of carbonyl (C=O) groups is 3. The molecule has 188 valence electrons. The Morgan fingerprint density at radius 1 is 1.06 bits per heavy atom. The molecule has 1 saturated heterocycles. The Morgan fingerprint density at radius 3 is 2.40 bits per heavy atom. The lowest BCUT2D eigenvalue weighted by molar-refractivity contribution is -0.168. The number of amides is 2. The highest BCUT2D eigenvalue weighted by molar-refractivity contribution is 5.96. The Labute approximate surface area is 204 Å². The molecule has 0 unspecified atom stereocenters. The Kier molecular flexibility index (Phi) is 5.43. The van der Waals surface area contributed by atoms with Crippen molar-refractivity contribution in [1.82, 2.24) is 4.90 Å². The standard InChI is InChI=1S/C26H32N2O7/c1-14(23(30)27-18-2-3-21-22(7-18)34-13-33-21)35-24(31)20-8-19(29)12-28(20)25(32)26-9-15-4-16(10-26)6-17(5-15)11-26/h2-3,7,14-17,19-20,29H,4-6,8-13H2,1H3,(H,27,30)/t14-,15?,16?,17?,19+,20+,26?/m0/s1. The van der Waals surface area contributed by atoms with Crippen LogP contribution in [0, 0.1) is 23.2 Å². The summed E-state index contributed by atoms with van der Waals surface area (Å²) in [6.45, 7) is 1.77. The molecule has 1 aromatic rings. The van der Waals surface area contributed by atoms with Crippen LogP contribution in [0.2, 0.25) is 0 Å². The van der Waals surface area contributed by atoms with Gasteiger partial charge < -0.3 is 29.5 Å². The van der Waals surface area contributed by atoms with Crippen molar-refractivity contribution in [3.05, 3.63) is 18.2 Å². The summed E-state index contributed by atoms with van der Waals surface area (Å²) < 4.78 is 16.1. The molecule has 2 N–H and O–H groups in total. The van der Waals surface area contributed by atoms with Crippen LogP contribution < -0.4 is 14.8 Å². The summed E-state index contributed by atoms with van der Waals surface area (Å²) >= 11 is 0. The molecular weight excluding hydrogens is 452 g/mol. The fourth-order valence-corrected chi connectivity index (χ4v) is 7.46. The largest absolute Gasteiger partial charge is 0.454 e. The molecule has 2 aliphatic heterocycles. The summed E-state index contributed by atoms with van der Waals surface area (Å²) in [6.07, 6.45) is 4.61. The van der Waals surface area contributed by atoms with Crippen LogP contribution in [0.1, 0.15) is 51.9 Å². The smallest absolute Gasteiger partial charge is 0.329 e. The molecule has 9 heteroatoms. The van der Waals surface area contributed by atoms with Gasteiger partial charge in [-0.1, -0.05) is 0 Å². The second kappa shape index (κ2) is 8.40. The maximum Gasteiger partial charge on any atom is 0.329 e. The number of esters is 1. The van der Waals surface area contributed by atoms with Crippen molar-refractivity contribution in [1.29, 1.82) is 0 Å². The molecule has 0 spiro atoms. The van der Waals surface area contributed by atoms with Crippen molar-refractivity contribution in [3.63, 3.8) is 0 Å². The zero-order valence-corrected chi connectivity index (χ0v) is 19.9. The minimum atomic E-state index is -1.07. The molecule has 1 aromatic carbocycles. The second-order valence-corrected chi connectivity index (χ2v) is 11.2. The lowest BCUT2D eigenvalue weighted by Crippen LogP contribution is -2.56. The predicted octanol–water partition coefficient (Wildman–Crippen LogP) is 2.46. The molecule has 7 rings (SSSR count). The monoisotopic (exact) mass is 484 g/mol. The Morgan fingerprint density at radius 2 is 1.71 bits per heavy atom. The highest BCUT2D eigenvalue weighted by Crippen LogP contribution is 2.60. The van der Waals surface area contributed by atoms with Crippen molar-refractivity contribution in [2.75, 3.05) is 18.7 Å². The van der Waals surface area contributed by atoms with E-state index >= 15 is 0 Å². The number of aliphatic hydroxyl groups is 1. The van der Waals surface area contributed by atoms with E-state index in [0.29, 0.717) is 34.9 Å². The van der Waals surface area contributed by atoms with Gasteiger partial charge in [0.2, 0.25) is 12.7 Å². The van der Waals surface area contributed by atoms with Gasteiger partial charge >= 0.3 is 5.97 Å². The fourth-order valence-electron chi connectivity index (χ4n) is 7.46. The molecule has 4 saturated carbocycles. The maximum absolute atomic E-state index is 13.8. The number of fused-ring (bicyclic) bond motifs is 1. The first kappa shape index (κ1) is 22.6. The Bertz CT molecular complexity index is 1020. The molecule has 3 atom stereocenters. The van der Waals surface area contributed by atoms with Crippen molar-refractivity contribution < 1.29 is 33.7 Å². The van der Waals surface area contributed by atoms with Gasteiger partial charge in [0.15, 0.2) is 17.6 Å². The Hall–Kier alpha value is -2.81. The molecule has 2 amide bonds. The van der Waals surface area contributed by atoms with Crippen LogP contribution in [-0.2, 0) is 19.1 Å². The van der Waals surface area contributed by atoms with Gasteiger partial charge in [0.05, 0.1) is 11.5 Å². The number of carbonyl (C=O) groups excluding carboxylic acids is 3. The van der Waals surface area contributed by atoms with E-state index in [2.05, 4.69) is 5.32 Å². The summed E-state index contributed by atoms with van der Waals surface area (Å²) in [6, 6.07) is 4.15. The van der Waals surface area contributed by atoms with E-state index in [9.17, 15) is 19.5 Å². The average molecular weight is 485 g/mol. The minimum Gasteiger partial charge on any atom is -0.454 e. The van der Waals surface area contributed by atoms with Crippen LogP contribution >= 0.6 is 0 Å². The average Bonchev–Trinajstić information content (AvgIpc) is 3.43. The highest BCUT2D eigenvalue weighted by Gasteiger charge is 2.57. The summed E-state index contributed by atoms with van der Waals surface area (Å²) in [5.41, 5.74) is 0.0942. The van der Waals surface area contributed by atoms with Crippen molar-refractivity contribution in [3.8, 4) is 11.5 Å². The third kappa shape index (κ3) is 4.03.